The molecule has 0 aromatic heterocycles. The van der Waals surface area contributed by atoms with Gasteiger partial charge in [-0.15, -0.1) is 0 Å². The van der Waals surface area contributed by atoms with Gasteiger partial charge < -0.3 is 14.8 Å². The molecule has 1 unspecified atom stereocenters. The summed E-state index contributed by atoms with van der Waals surface area (Å²) in [6.07, 6.45) is -3.78. The molecule has 3 nitrogen and oxygen atoms in total. The van der Waals surface area contributed by atoms with Crippen molar-refractivity contribution >= 4 is 0 Å². The Labute approximate surface area is 138 Å². The van der Waals surface area contributed by atoms with E-state index in [1.807, 2.05) is 25.1 Å². The Kier molecular flexibility index (Phi) is 4.66. The van der Waals surface area contributed by atoms with Crippen LogP contribution in [0, 0.1) is 0 Å². The predicted molar refractivity (Wildman–Crippen MR) is 84.0 cm³/mol. The second-order valence-electron chi connectivity index (χ2n) is 5.87. The molecule has 3 rings (SSSR count). The minimum absolute atomic E-state index is 0.0407. The van der Waals surface area contributed by atoms with Gasteiger partial charge in [-0.2, -0.15) is 13.2 Å². The molecule has 128 valence electrons. The van der Waals surface area contributed by atoms with Crippen LogP contribution in [-0.2, 0) is 19.1 Å². The van der Waals surface area contributed by atoms with Crippen LogP contribution in [0.25, 0.3) is 0 Å². The van der Waals surface area contributed by atoms with Crippen molar-refractivity contribution in [2.75, 3.05) is 6.79 Å². The van der Waals surface area contributed by atoms with Crippen LogP contribution in [0.2, 0.25) is 0 Å². The van der Waals surface area contributed by atoms with Crippen molar-refractivity contribution in [1.29, 1.82) is 0 Å². The summed E-state index contributed by atoms with van der Waals surface area (Å²) < 4.78 is 48.8. The van der Waals surface area contributed by atoms with Crippen LogP contribution in [0.4, 0.5) is 13.2 Å². The van der Waals surface area contributed by atoms with Crippen LogP contribution < -0.4 is 14.8 Å². The number of hydrogen-bond donors (Lipinski definition) is 1. The molecule has 0 bridgehead atoms. The highest BCUT2D eigenvalue weighted by Gasteiger charge is 2.30. The lowest BCUT2D eigenvalue weighted by atomic mass is 10.0. The highest BCUT2D eigenvalue weighted by molar-refractivity contribution is 5.44. The standard InChI is InChI=1S/C18H18F3NO2/c1-12(7-13-3-2-4-15(8-13)18(19,20)21)22-10-14-5-6-16-17(9-14)24-11-23-16/h2-6,8-9,12,22H,7,10-11H2,1H3. The molecule has 0 fully saturated rings. The maximum absolute atomic E-state index is 12.7. The molecule has 0 saturated heterocycles. The van der Waals surface area contributed by atoms with E-state index in [1.165, 1.54) is 12.1 Å². The summed E-state index contributed by atoms with van der Waals surface area (Å²) in [7, 11) is 0. The monoisotopic (exact) mass is 337 g/mol. The van der Waals surface area contributed by atoms with Gasteiger partial charge in [0.15, 0.2) is 11.5 Å². The summed E-state index contributed by atoms with van der Waals surface area (Å²) in [5.74, 6) is 1.45. The van der Waals surface area contributed by atoms with E-state index in [0.717, 1.165) is 23.1 Å². The smallest absolute Gasteiger partial charge is 0.416 e. The molecule has 24 heavy (non-hydrogen) atoms. The number of alkyl halides is 3. The van der Waals surface area contributed by atoms with Gasteiger partial charge in [0.05, 0.1) is 5.56 Å². The molecule has 1 aliphatic rings. The molecule has 6 heteroatoms. The molecular formula is C18H18F3NO2. The van der Waals surface area contributed by atoms with Crippen molar-refractivity contribution in [3.05, 3.63) is 59.2 Å². The highest BCUT2D eigenvalue weighted by atomic mass is 19.4. The van der Waals surface area contributed by atoms with Gasteiger partial charge in [0.2, 0.25) is 6.79 Å². The SMILES string of the molecule is CC(Cc1cccc(C(F)(F)F)c1)NCc1ccc2c(c1)OCO2. The second kappa shape index (κ2) is 6.73. The average Bonchev–Trinajstić information content (AvgIpc) is 3.00. The molecular weight excluding hydrogens is 319 g/mol. The van der Waals surface area contributed by atoms with E-state index >= 15 is 0 Å². The van der Waals surface area contributed by atoms with Gasteiger partial charge in [-0.25, -0.2) is 0 Å². The van der Waals surface area contributed by atoms with Crippen molar-refractivity contribution in [2.24, 2.45) is 0 Å². The quantitative estimate of drug-likeness (QED) is 0.889. The number of ether oxygens (including phenoxy) is 2. The van der Waals surface area contributed by atoms with Crippen LogP contribution in [0.1, 0.15) is 23.6 Å². The van der Waals surface area contributed by atoms with Gasteiger partial charge in [0.1, 0.15) is 0 Å². The molecule has 1 heterocycles. The summed E-state index contributed by atoms with van der Waals surface area (Å²) in [5, 5.41) is 3.32. The lowest BCUT2D eigenvalue weighted by Crippen LogP contribution is -2.27. The topological polar surface area (TPSA) is 30.5 Å². The minimum atomic E-state index is -4.31. The summed E-state index contributed by atoms with van der Waals surface area (Å²) >= 11 is 0. The van der Waals surface area contributed by atoms with Crippen LogP contribution in [0.5, 0.6) is 11.5 Å². The highest BCUT2D eigenvalue weighted by Crippen LogP contribution is 2.32. The first-order valence-electron chi connectivity index (χ1n) is 7.70. The number of fused-ring (bicyclic) bond motifs is 1. The van der Waals surface area contributed by atoms with Gasteiger partial charge in [-0.3, -0.25) is 0 Å². The number of hydrogen-bond acceptors (Lipinski definition) is 3. The third kappa shape index (κ3) is 4.00. The Morgan fingerprint density at radius 2 is 1.83 bits per heavy atom. The van der Waals surface area contributed by atoms with Crippen LogP contribution >= 0.6 is 0 Å². The molecule has 1 atom stereocenters. The molecule has 0 saturated carbocycles. The van der Waals surface area contributed by atoms with Gasteiger partial charge in [-0.1, -0.05) is 24.3 Å². The lowest BCUT2D eigenvalue weighted by molar-refractivity contribution is -0.137. The Morgan fingerprint density at radius 1 is 1.04 bits per heavy atom. The summed E-state index contributed by atoms with van der Waals surface area (Å²) in [5.41, 5.74) is 1.09. The maximum atomic E-state index is 12.7. The summed E-state index contributed by atoms with van der Waals surface area (Å²) in [4.78, 5) is 0. The van der Waals surface area contributed by atoms with E-state index < -0.39 is 11.7 Å². The molecule has 2 aromatic rings. The normalized spacial score (nSPS) is 14.7. The molecule has 0 amide bonds. The average molecular weight is 337 g/mol. The predicted octanol–water partition coefficient (Wildman–Crippen LogP) is 4.15. The number of benzene rings is 2. The number of rotatable bonds is 5. The molecule has 0 spiro atoms. The van der Waals surface area contributed by atoms with E-state index in [0.29, 0.717) is 18.5 Å². The van der Waals surface area contributed by atoms with Crippen molar-refractivity contribution < 1.29 is 22.6 Å². The Morgan fingerprint density at radius 3 is 2.62 bits per heavy atom. The minimum Gasteiger partial charge on any atom is -0.454 e. The van der Waals surface area contributed by atoms with Crippen LogP contribution in [-0.4, -0.2) is 12.8 Å². The Balaban J connectivity index is 1.57. The molecule has 0 aliphatic carbocycles. The number of halogens is 3. The first-order chi connectivity index (χ1) is 11.4. The van der Waals surface area contributed by atoms with E-state index in [2.05, 4.69) is 5.32 Å². The first-order valence-corrected chi connectivity index (χ1v) is 7.70. The summed E-state index contributed by atoms with van der Waals surface area (Å²) in [6.45, 7) is 2.79. The molecule has 1 N–H and O–H groups in total. The lowest BCUT2D eigenvalue weighted by Gasteiger charge is -2.15. The van der Waals surface area contributed by atoms with Gasteiger partial charge in [0.25, 0.3) is 0 Å². The number of nitrogens with one attached hydrogen (secondary N) is 1. The zero-order valence-corrected chi connectivity index (χ0v) is 13.2. The fraction of sp³-hybridized carbons (Fsp3) is 0.333. The third-order valence-electron chi connectivity index (χ3n) is 3.89. The third-order valence-corrected chi connectivity index (χ3v) is 3.89. The van der Waals surface area contributed by atoms with Gasteiger partial charge in [0, 0.05) is 12.6 Å². The van der Waals surface area contributed by atoms with Crippen molar-refractivity contribution in [2.45, 2.75) is 32.1 Å². The molecule has 2 aromatic carbocycles. The van der Waals surface area contributed by atoms with Gasteiger partial charge in [-0.05, 0) is 42.7 Å². The fourth-order valence-corrected chi connectivity index (χ4v) is 2.64. The van der Waals surface area contributed by atoms with Gasteiger partial charge >= 0.3 is 6.18 Å². The van der Waals surface area contributed by atoms with Crippen LogP contribution in [0.3, 0.4) is 0 Å². The fourth-order valence-electron chi connectivity index (χ4n) is 2.64. The Hall–Kier alpha value is -2.21. The molecule has 0 radical (unpaired) electrons. The van der Waals surface area contributed by atoms with Crippen molar-refractivity contribution in [3.8, 4) is 11.5 Å². The van der Waals surface area contributed by atoms with Crippen LogP contribution in [0.15, 0.2) is 42.5 Å². The van der Waals surface area contributed by atoms with E-state index in [-0.39, 0.29) is 12.8 Å². The largest absolute Gasteiger partial charge is 0.454 e. The van der Waals surface area contributed by atoms with Crippen molar-refractivity contribution in [3.63, 3.8) is 0 Å². The molecule has 1 aliphatic heterocycles. The first kappa shape index (κ1) is 16.6. The second-order valence-corrected chi connectivity index (χ2v) is 5.87. The van der Waals surface area contributed by atoms with E-state index in [9.17, 15) is 13.2 Å². The van der Waals surface area contributed by atoms with E-state index in [1.54, 1.807) is 6.07 Å². The zero-order valence-electron chi connectivity index (χ0n) is 13.2. The van der Waals surface area contributed by atoms with E-state index in [4.69, 9.17) is 9.47 Å². The summed E-state index contributed by atoms with van der Waals surface area (Å²) in [6, 6.07) is 11.2. The Bertz CT molecular complexity index is 716. The maximum Gasteiger partial charge on any atom is 0.416 e. The van der Waals surface area contributed by atoms with Crippen molar-refractivity contribution in [1.82, 2.24) is 5.32 Å². The zero-order chi connectivity index (χ0) is 17.2.